The molecule has 5 heteroatoms. The first kappa shape index (κ1) is 21.4. The quantitative estimate of drug-likeness (QED) is 0.315. The molecule has 2 aromatic carbocycles. The molecule has 0 aliphatic rings. The van der Waals surface area contributed by atoms with E-state index in [9.17, 15) is 9.59 Å². The number of aromatic nitrogens is 1. The summed E-state index contributed by atoms with van der Waals surface area (Å²) < 4.78 is 7.30. The van der Waals surface area contributed by atoms with Crippen molar-refractivity contribution in [2.24, 2.45) is 0 Å². The number of hydrogen-bond donors (Lipinski definition) is 1. The molecule has 0 unspecified atom stereocenters. The number of nitrogens with zero attached hydrogens (tertiary/aromatic N) is 1. The van der Waals surface area contributed by atoms with E-state index in [4.69, 9.17) is 4.74 Å². The lowest BCUT2D eigenvalue weighted by Gasteiger charge is -2.13. The van der Waals surface area contributed by atoms with Crippen LogP contribution in [0, 0.1) is 20.8 Å². The second kappa shape index (κ2) is 8.71. The molecular weight excluding hydrogens is 400 g/mol. The number of carbonyl (C=O) groups excluding carboxylic acids is 2. The van der Waals surface area contributed by atoms with Gasteiger partial charge in [0.2, 0.25) is 0 Å². The van der Waals surface area contributed by atoms with E-state index in [2.05, 4.69) is 5.32 Å². The molecule has 0 radical (unpaired) electrons. The molecule has 2 aromatic heterocycles. The third-order valence-electron chi connectivity index (χ3n) is 5.49. The van der Waals surface area contributed by atoms with Gasteiger partial charge in [-0.1, -0.05) is 35.9 Å². The minimum Gasteiger partial charge on any atom is -0.494 e. The van der Waals surface area contributed by atoms with E-state index in [1.807, 2.05) is 88.4 Å². The van der Waals surface area contributed by atoms with E-state index in [1.54, 1.807) is 10.6 Å². The number of carbonyl (C=O) groups is 2. The molecule has 0 spiro atoms. The summed E-state index contributed by atoms with van der Waals surface area (Å²) in [5.41, 5.74) is 6.37. The van der Waals surface area contributed by atoms with Crippen LogP contribution >= 0.6 is 0 Å². The van der Waals surface area contributed by atoms with Crippen LogP contribution in [0.2, 0.25) is 0 Å². The zero-order chi connectivity index (χ0) is 22.8. The summed E-state index contributed by atoms with van der Waals surface area (Å²) in [5.74, 6) is -0.480. The number of nitrogens with one attached hydrogen (secondary N) is 1. The number of pyridine rings is 1. The molecule has 0 atom stereocenters. The smallest absolute Gasteiger partial charge is 0.298 e. The highest BCUT2D eigenvalue weighted by Crippen LogP contribution is 2.30. The summed E-state index contributed by atoms with van der Waals surface area (Å²) in [7, 11) is 0. The molecule has 4 rings (SSSR count). The predicted molar refractivity (Wildman–Crippen MR) is 128 cm³/mol. The zero-order valence-electron chi connectivity index (χ0n) is 18.7. The Kier molecular flexibility index (Phi) is 5.82. The summed E-state index contributed by atoms with van der Waals surface area (Å²) in [4.78, 5) is 26.5. The number of ketones is 1. The first-order chi connectivity index (χ1) is 15.4. The highest BCUT2D eigenvalue weighted by Gasteiger charge is 2.25. The van der Waals surface area contributed by atoms with E-state index in [0.29, 0.717) is 23.6 Å². The van der Waals surface area contributed by atoms with Crippen molar-refractivity contribution in [3.63, 3.8) is 0 Å². The summed E-state index contributed by atoms with van der Waals surface area (Å²) in [6.45, 7) is 8.38. The lowest BCUT2D eigenvalue weighted by Crippen LogP contribution is -2.25. The van der Waals surface area contributed by atoms with Crippen LogP contribution in [-0.4, -0.2) is 22.7 Å². The fourth-order valence-corrected chi connectivity index (χ4v) is 4.13. The highest BCUT2D eigenvalue weighted by molar-refractivity contribution is 6.47. The topological polar surface area (TPSA) is 59.8 Å². The highest BCUT2D eigenvalue weighted by atomic mass is 16.5. The van der Waals surface area contributed by atoms with Crippen molar-refractivity contribution < 1.29 is 14.3 Å². The van der Waals surface area contributed by atoms with Gasteiger partial charge in [0.25, 0.3) is 11.7 Å². The third kappa shape index (κ3) is 4.02. The number of Topliss-reactive ketones (excluding diaryl/α,β-unsaturated/α-hetero) is 1. The van der Waals surface area contributed by atoms with Gasteiger partial charge < -0.3 is 14.5 Å². The van der Waals surface area contributed by atoms with Crippen LogP contribution < -0.4 is 10.1 Å². The van der Waals surface area contributed by atoms with E-state index in [1.165, 1.54) is 0 Å². The molecule has 162 valence electrons. The van der Waals surface area contributed by atoms with Gasteiger partial charge in [-0.2, -0.15) is 0 Å². The van der Waals surface area contributed by atoms with Crippen molar-refractivity contribution in [3.05, 3.63) is 89.2 Å². The number of aryl methyl sites for hydroxylation is 3. The SMILES string of the molecule is CCOc1ccc(-c2cc3ccccn3c2C(=O)C(=O)Nc2c(C)cc(C)cc2C)cc1. The first-order valence-electron chi connectivity index (χ1n) is 10.7. The monoisotopic (exact) mass is 426 g/mol. The summed E-state index contributed by atoms with van der Waals surface area (Å²) in [6, 6.07) is 19.1. The van der Waals surface area contributed by atoms with Crippen LogP contribution in [0.5, 0.6) is 5.75 Å². The molecule has 0 saturated carbocycles. The number of benzene rings is 2. The van der Waals surface area contributed by atoms with Crippen molar-refractivity contribution in [1.29, 1.82) is 0 Å². The largest absolute Gasteiger partial charge is 0.494 e. The van der Waals surface area contributed by atoms with Crippen LogP contribution in [0.4, 0.5) is 5.69 Å². The number of anilines is 1. The molecule has 0 aliphatic carbocycles. The normalized spacial score (nSPS) is 10.9. The van der Waals surface area contributed by atoms with Gasteiger partial charge in [0.05, 0.1) is 6.61 Å². The van der Waals surface area contributed by atoms with Gasteiger partial charge in [0, 0.05) is 23.0 Å². The zero-order valence-corrected chi connectivity index (χ0v) is 18.7. The Labute approximate surface area is 187 Å². The average molecular weight is 427 g/mol. The Bertz CT molecular complexity index is 1290. The molecule has 0 aliphatic heterocycles. The predicted octanol–water partition coefficient (Wildman–Crippen LogP) is 5.75. The molecule has 0 fully saturated rings. The van der Waals surface area contributed by atoms with Gasteiger partial charge in [-0.05, 0) is 74.7 Å². The Morgan fingerprint density at radius 2 is 1.62 bits per heavy atom. The Balaban J connectivity index is 1.75. The minimum absolute atomic E-state index is 0.338. The number of ether oxygens (including phenoxy) is 1. The van der Waals surface area contributed by atoms with Gasteiger partial charge in [0.15, 0.2) is 0 Å². The summed E-state index contributed by atoms with van der Waals surface area (Å²) >= 11 is 0. The lowest BCUT2D eigenvalue weighted by atomic mass is 10.0. The number of hydrogen-bond acceptors (Lipinski definition) is 3. The van der Waals surface area contributed by atoms with Crippen LogP contribution in [0.25, 0.3) is 16.6 Å². The molecule has 5 nitrogen and oxygen atoms in total. The van der Waals surface area contributed by atoms with Crippen molar-refractivity contribution in [1.82, 2.24) is 4.40 Å². The lowest BCUT2D eigenvalue weighted by molar-refractivity contribution is -0.112. The van der Waals surface area contributed by atoms with E-state index < -0.39 is 11.7 Å². The second-order valence-corrected chi connectivity index (χ2v) is 7.92. The average Bonchev–Trinajstić information content (AvgIpc) is 3.16. The van der Waals surface area contributed by atoms with E-state index >= 15 is 0 Å². The summed E-state index contributed by atoms with van der Waals surface area (Å²) in [6.07, 6.45) is 1.80. The van der Waals surface area contributed by atoms with Crippen LogP contribution in [0.1, 0.15) is 34.1 Å². The standard InChI is InChI=1S/C27H26N2O3/c1-5-32-22-11-9-20(10-12-22)23-16-21-8-6-7-13-29(21)25(23)26(30)27(31)28-24-18(3)14-17(2)15-19(24)4/h6-16H,5H2,1-4H3,(H,28,31). The fourth-order valence-electron chi connectivity index (χ4n) is 4.13. The van der Waals surface area contributed by atoms with E-state index in [0.717, 1.165) is 33.5 Å². The molecule has 1 N–H and O–H groups in total. The Morgan fingerprint density at radius 1 is 0.938 bits per heavy atom. The number of rotatable bonds is 6. The fraction of sp³-hybridized carbons (Fsp3) is 0.185. The maximum absolute atomic E-state index is 13.4. The van der Waals surface area contributed by atoms with Crippen molar-refractivity contribution >= 4 is 22.9 Å². The molecular formula is C27H26N2O3. The summed E-state index contributed by atoms with van der Waals surface area (Å²) in [5, 5.41) is 2.84. The van der Waals surface area contributed by atoms with Gasteiger partial charge >= 0.3 is 0 Å². The third-order valence-corrected chi connectivity index (χ3v) is 5.49. The molecule has 2 heterocycles. The number of fused-ring (bicyclic) bond motifs is 1. The van der Waals surface area contributed by atoms with Crippen molar-refractivity contribution in [2.75, 3.05) is 11.9 Å². The Morgan fingerprint density at radius 3 is 2.28 bits per heavy atom. The van der Waals surface area contributed by atoms with Crippen molar-refractivity contribution in [2.45, 2.75) is 27.7 Å². The number of amides is 1. The molecule has 0 bridgehead atoms. The first-order valence-corrected chi connectivity index (χ1v) is 10.7. The van der Waals surface area contributed by atoms with Gasteiger partial charge in [-0.15, -0.1) is 0 Å². The molecule has 1 amide bonds. The van der Waals surface area contributed by atoms with Gasteiger partial charge in [-0.3, -0.25) is 9.59 Å². The van der Waals surface area contributed by atoms with Crippen LogP contribution in [-0.2, 0) is 4.79 Å². The Hall–Kier alpha value is -3.86. The van der Waals surface area contributed by atoms with Gasteiger partial charge in [0.1, 0.15) is 11.4 Å². The van der Waals surface area contributed by atoms with Crippen LogP contribution in [0.15, 0.2) is 66.9 Å². The molecule has 4 aromatic rings. The van der Waals surface area contributed by atoms with Crippen LogP contribution in [0.3, 0.4) is 0 Å². The maximum atomic E-state index is 13.4. The van der Waals surface area contributed by atoms with Crippen molar-refractivity contribution in [3.8, 4) is 16.9 Å². The van der Waals surface area contributed by atoms with Gasteiger partial charge in [-0.25, -0.2) is 0 Å². The molecule has 0 saturated heterocycles. The van der Waals surface area contributed by atoms with E-state index in [-0.39, 0.29) is 0 Å². The molecule has 32 heavy (non-hydrogen) atoms. The minimum atomic E-state index is -0.656. The maximum Gasteiger partial charge on any atom is 0.298 e. The second-order valence-electron chi connectivity index (χ2n) is 7.92.